The van der Waals surface area contributed by atoms with Gasteiger partial charge in [-0.2, -0.15) is 0 Å². The second-order valence-corrected chi connectivity index (χ2v) is 3.30. The fourth-order valence-electron chi connectivity index (χ4n) is 1.40. The van der Waals surface area contributed by atoms with Crippen molar-refractivity contribution in [2.24, 2.45) is 0 Å². The van der Waals surface area contributed by atoms with Gasteiger partial charge in [0.15, 0.2) is 0 Å². The monoisotopic (exact) mass is 344 g/mol. The summed E-state index contributed by atoms with van der Waals surface area (Å²) in [5.74, 6) is 0. The number of hydrogen-bond donors (Lipinski definition) is 0. The number of halogens is 2. The molecule has 82 valence electrons. The van der Waals surface area contributed by atoms with Crippen LogP contribution in [-0.4, -0.2) is 23.1 Å². The molecule has 0 saturated carbocycles. The van der Waals surface area contributed by atoms with Crippen LogP contribution >= 0.6 is 0 Å². The van der Waals surface area contributed by atoms with Crippen molar-refractivity contribution >= 4 is 23.1 Å². The van der Waals surface area contributed by atoms with Gasteiger partial charge in [-0.1, -0.05) is 56.5 Å². The molecule has 0 atom stereocenters. The normalized spacial score (nSPS) is 8.07. The van der Waals surface area contributed by atoms with Crippen molar-refractivity contribution in [3.8, 4) is 0 Å². The van der Waals surface area contributed by atoms with Gasteiger partial charge >= 0.3 is 23.1 Å². The molecule has 3 heteroatoms. The zero-order valence-corrected chi connectivity index (χ0v) is 14.0. The molecule has 1 aromatic rings. The van der Waals surface area contributed by atoms with Crippen LogP contribution in [0.1, 0.15) is 38.2 Å². The third kappa shape index (κ3) is 11.2. The molecule has 15 heavy (non-hydrogen) atoms. The minimum absolute atomic E-state index is 0. The van der Waals surface area contributed by atoms with E-state index in [0.29, 0.717) is 0 Å². The second-order valence-electron chi connectivity index (χ2n) is 3.30. The quantitative estimate of drug-likeness (QED) is 0.407. The Morgan fingerprint density at radius 2 is 1.47 bits per heavy atom. The van der Waals surface area contributed by atoms with Gasteiger partial charge in [-0.15, -0.1) is 0 Å². The van der Waals surface area contributed by atoms with E-state index in [0.717, 1.165) is 0 Å². The summed E-state index contributed by atoms with van der Waals surface area (Å²) in [5.41, 5.74) is 1.48. The molecule has 0 aliphatic rings. The van der Waals surface area contributed by atoms with Gasteiger partial charge in [0, 0.05) is 0 Å². The van der Waals surface area contributed by atoms with Crippen molar-refractivity contribution in [2.45, 2.75) is 39.0 Å². The van der Waals surface area contributed by atoms with Crippen LogP contribution in [0.2, 0.25) is 0 Å². The molecule has 0 aliphatic heterocycles. The van der Waals surface area contributed by atoms with Crippen molar-refractivity contribution in [2.75, 3.05) is 0 Å². The Labute approximate surface area is 131 Å². The van der Waals surface area contributed by atoms with Crippen LogP contribution in [0.25, 0.3) is 0 Å². The van der Waals surface area contributed by atoms with Crippen LogP contribution < -0.4 is 34.0 Å². The maximum absolute atomic E-state index is 2.25. The molecule has 0 spiro atoms. The predicted octanol–water partition coefficient (Wildman–Crippen LogP) is -2.56. The van der Waals surface area contributed by atoms with E-state index in [-0.39, 0.29) is 57.0 Å². The van der Waals surface area contributed by atoms with Gasteiger partial charge in [-0.25, -0.2) is 0 Å². The van der Waals surface area contributed by atoms with Crippen LogP contribution in [0.3, 0.4) is 0 Å². The smallest absolute Gasteiger partial charge is 1.00 e. The van der Waals surface area contributed by atoms with Gasteiger partial charge in [-0.05, 0) is 18.4 Å². The largest absolute Gasteiger partial charge is 2.00 e. The summed E-state index contributed by atoms with van der Waals surface area (Å²) >= 11 is 0. The molecule has 0 amide bonds. The average molecular weight is 346 g/mol. The molecule has 0 unspecified atom stereocenters. The first kappa shape index (κ1) is 21.3. The van der Waals surface area contributed by atoms with E-state index in [1.54, 1.807) is 0 Å². The van der Waals surface area contributed by atoms with Crippen molar-refractivity contribution in [1.29, 1.82) is 0 Å². The Morgan fingerprint density at radius 3 is 2.00 bits per heavy atom. The van der Waals surface area contributed by atoms with Gasteiger partial charge < -0.3 is 34.0 Å². The first-order chi connectivity index (χ1) is 5.93. The molecule has 0 radical (unpaired) electrons. The number of rotatable bonds is 5. The Bertz CT molecular complexity index is 202. The minimum atomic E-state index is 0. The van der Waals surface area contributed by atoms with Gasteiger partial charge in [0.05, 0.1) is 0 Å². The molecule has 0 aliphatic carbocycles. The fraction of sp³-hybridized carbons (Fsp3) is 0.500. The van der Waals surface area contributed by atoms with Crippen molar-refractivity contribution in [3.05, 3.63) is 35.9 Å². The van der Waals surface area contributed by atoms with E-state index in [4.69, 9.17) is 0 Å². The fourth-order valence-corrected chi connectivity index (χ4v) is 1.40. The molecule has 0 aromatic heterocycles. The molecule has 0 nitrogen and oxygen atoms in total. The molecular formula is C12H18Br2Mg. The van der Waals surface area contributed by atoms with E-state index in [1.807, 2.05) is 0 Å². The van der Waals surface area contributed by atoms with Crippen LogP contribution in [0, 0.1) is 0 Å². The summed E-state index contributed by atoms with van der Waals surface area (Å²) in [6.07, 6.45) is 6.69. The molecule has 0 heterocycles. The van der Waals surface area contributed by atoms with E-state index < -0.39 is 0 Å². The zero-order chi connectivity index (χ0) is 8.65. The maximum atomic E-state index is 2.25. The summed E-state index contributed by atoms with van der Waals surface area (Å²) in [6.45, 7) is 2.25. The first-order valence-electron chi connectivity index (χ1n) is 4.97. The van der Waals surface area contributed by atoms with E-state index in [1.165, 1.54) is 37.7 Å². The molecule has 0 N–H and O–H groups in total. The van der Waals surface area contributed by atoms with Gasteiger partial charge in [0.25, 0.3) is 0 Å². The average Bonchev–Trinajstić information content (AvgIpc) is 2.14. The third-order valence-electron chi connectivity index (χ3n) is 2.16. The van der Waals surface area contributed by atoms with Gasteiger partial charge in [-0.3, -0.25) is 0 Å². The van der Waals surface area contributed by atoms with E-state index in [2.05, 4.69) is 37.3 Å². The maximum Gasteiger partial charge on any atom is 2.00 e. The summed E-state index contributed by atoms with van der Waals surface area (Å²) in [7, 11) is 0. The second kappa shape index (κ2) is 14.9. The Balaban J connectivity index is -0.000000480. The van der Waals surface area contributed by atoms with Crippen LogP contribution in [0.4, 0.5) is 0 Å². The predicted molar refractivity (Wildman–Crippen MR) is 60.0 cm³/mol. The summed E-state index contributed by atoms with van der Waals surface area (Å²) in [5, 5.41) is 0. The van der Waals surface area contributed by atoms with Crippen molar-refractivity contribution in [1.82, 2.24) is 0 Å². The summed E-state index contributed by atoms with van der Waals surface area (Å²) < 4.78 is 0. The molecule has 1 rings (SSSR count). The standard InChI is InChI=1S/C12H18.2BrH.Mg/c1-2-3-4-6-9-12-10-7-5-8-11-12;;;/h5,7-8,10-11H,2-4,6,9H2,1H3;2*1H;/q;;;+2/p-2. The molecular weight excluding hydrogens is 328 g/mol. The van der Waals surface area contributed by atoms with Crippen LogP contribution in [0.5, 0.6) is 0 Å². The Morgan fingerprint density at radius 1 is 0.867 bits per heavy atom. The van der Waals surface area contributed by atoms with Crippen LogP contribution in [-0.2, 0) is 6.42 Å². The minimum Gasteiger partial charge on any atom is -1.00 e. The summed E-state index contributed by atoms with van der Waals surface area (Å²) in [6, 6.07) is 10.7. The van der Waals surface area contributed by atoms with Crippen LogP contribution in [0.15, 0.2) is 30.3 Å². The first-order valence-corrected chi connectivity index (χ1v) is 4.97. The summed E-state index contributed by atoms with van der Waals surface area (Å²) in [4.78, 5) is 0. The number of aryl methyl sites for hydroxylation is 1. The van der Waals surface area contributed by atoms with Crippen molar-refractivity contribution in [3.63, 3.8) is 0 Å². The number of unbranched alkanes of at least 4 members (excludes halogenated alkanes) is 3. The van der Waals surface area contributed by atoms with Gasteiger partial charge in [0.1, 0.15) is 0 Å². The zero-order valence-electron chi connectivity index (χ0n) is 9.39. The van der Waals surface area contributed by atoms with E-state index in [9.17, 15) is 0 Å². The Hall–Kier alpha value is 0.946. The number of hydrogen-bond acceptors (Lipinski definition) is 0. The van der Waals surface area contributed by atoms with Gasteiger partial charge in [0.2, 0.25) is 0 Å². The molecule has 0 fully saturated rings. The molecule has 1 aromatic carbocycles. The molecule has 0 bridgehead atoms. The topological polar surface area (TPSA) is 0 Å². The Kier molecular flexibility index (Phi) is 21.2. The third-order valence-corrected chi connectivity index (χ3v) is 2.16. The van der Waals surface area contributed by atoms with Crippen molar-refractivity contribution < 1.29 is 34.0 Å². The number of benzene rings is 1. The molecule has 0 saturated heterocycles. The van der Waals surface area contributed by atoms with E-state index >= 15 is 0 Å². The SMILES string of the molecule is CCCCCCc1ccccc1.[Br-].[Br-].[Mg+2].